The molecule has 0 aromatic heterocycles. The highest BCUT2D eigenvalue weighted by molar-refractivity contribution is 5.83. The third-order valence-electron chi connectivity index (χ3n) is 4.61. The van der Waals surface area contributed by atoms with Crippen LogP contribution in [0.1, 0.15) is 23.5 Å². The molecule has 0 spiro atoms. The van der Waals surface area contributed by atoms with Crippen molar-refractivity contribution in [2.24, 2.45) is 5.92 Å². The van der Waals surface area contributed by atoms with Crippen LogP contribution >= 0.6 is 0 Å². The standard InChI is InChI=1S/C20H22FNO2/c21-19-9-5-4-8-16(19)17-14-18(17)20(24)22(12-13-23)11-10-15-6-2-1-3-7-15/h1-9,17-18,23H,10-14H2. The summed E-state index contributed by atoms with van der Waals surface area (Å²) in [6.45, 7) is 0.841. The number of aliphatic hydroxyl groups is 1. The van der Waals surface area contributed by atoms with E-state index < -0.39 is 0 Å². The Balaban J connectivity index is 1.62. The van der Waals surface area contributed by atoms with Gasteiger partial charge in [-0.2, -0.15) is 0 Å². The van der Waals surface area contributed by atoms with E-state index >= 15 is 0 Å². The number of hydrogen-bond acceptors (Lipinski definition) is 2. The number of rotatable bonds is 7. The fourth-order valence-corrected chi connectivity index (χ4v) is 3.18. The average molecular weight is 327 g/mol. The Hall–Kier alpha value is -2.20. The fraction of sp³-hybridized carbons (Fsp3) is 0.350. The first-order valence-electron chi connectivity index (χ1n) is 8.38. The second kappa shape index (κ2) is 7.58. The van der Waals surface area contributed by atoms with Crippen molar-refractivity contribution in [3.05, 3.63) is 71.5 Å². The van der Waals surface area contributed by atoms with Gasteiger partial charge in [-0.1, -0.05) is 48.5 Å². The van der Waals surface area contributed by atoms with Crippen LogP contribution in [0.2, 0.25) is 0 Å². The van der Waals surface area contributed by atoms with Gasteiger partial charge in [0.15, 0.2) is 0 Å². The molecule has 3 nitrogen and oxygen atoms in total. The summed E-state index contributed by atoms with van der Waals surface area (Å²) in [7, 11) is 0. The van der Waals surface area contributed by atoms with E-state index in [1.165, 1.54) is 6.07 Å². The smallest absolute Gasteiger partial charge is 0.226 e. The summed E-state index contributed by atoms with van der Waals surface area (Å²) in [6, 6.07) is 16.6. The molecule has 0 saturated heterocycles. The Morgan fingerprint density at radius 1 is 1.08 bits per heavy atom. The highest BCUT2D eigenvalue weighted by Crippen LogP contribution is 2.49. The molecule has 1 saturated carbocycles. The maximum Gasteiger partial charge on any atom is 0.226 e. The molecule has 1 amide bonds. The molecule has 1 fully saturated rings. The highest BCUT2D eigenvalue weighted by atomic mass is 19.1. The summed E-state index contributed by atoms with van der Waals surface area (Å²) in [5.74, 6) is -0.412. The van der Waals surface area contributed by atoms with Gasteiger partial charge in [0.2, 0.25) is 5.91 Å². The van der Waals surface area contributed by atoms with Crippen molar-refractivity contribution in [2.45, 2.75) is 18.8 Å². The zero-order valence-electron chi connectivity index (χ0n) is 13.6. The molecule has 0 bridgehead atoms. The molecule has 0 heterocycles. The zero-order valence-corrected chi connectivity index (χ0v) is 13.6. The minimum absolute atomic E-state index is 0.0215. The number of aliphatic hydroxyl groups excluding tert-OH is 1. The van der Waals surface area contributed by atoms with E-state index in [4.69, 9.17) is 0 Å². The van der Waals surface area contributed by atoms with Gasteiger partial charge in [-0.15, -0.1) is 0 Å². The van der Waals surface area contributed by atoms with Crippen molar-refractivity contribution >= 4 is 5.91 Å². The topological polar surface area (TPSA) is 40.5 Å². The SMILES string of the molecule is O=C(C1CC1c1ccccc1F)N(CCO)CCc1ccccc1. The van der Waals surface area contributed by atoms with Gasteiger partial charge in [-0.25, -0.2) is 4.39 Å². The number of hydrogen-bond donors (Lipinski definition) is 1. The van der Waals surface area contributed by atoms with Crippen molar-refractivity contribution in [1.82, 2.24) is 4.90 Å². The Bertz CT molecular complexity index is 689. The molecular weight excluding hydrogens is 305 g/mol. The van der Waals surface area contributed by atoms with Gasteiger partial charge in [0.25, 0.3) is 0 Å². The lowest BCUT2D eigenvalue weighted by molar-refractivity contribution is -0.133. The third-order valence-corrected chi connectivity index (χ3v) is 4.61. The zero-order chi connectivity index (χ0) is 16.9. The van der Waals surface area contributed by atoms with Gasteiger partial charge in [0, 0.05) is 19.0 Å². The molecule has 0 radical (unpaired) electrons. The normalized spacial score (nSPS) is 19.1. The molecule has 2 unspecified atom stereocenters. The molecule has 1 aliphatic carbocycles. The Kier molecular flexibility index (Phi) is 5.26. The molecular formula is C20H22FNO2. The van der Waals surface area contributed by atoms with Crippen molar-refractivity contribution in [3.63, 3.8) is 0 Å². The summed E-state index contributed by atoms with van der Waals surface area (Å²) in [6.07, 6.45) is 1.44. The molecule has 1 N–H and O–H groups in total. The van der Waals surface area contributed by atoms with E-state index in [2.05, 4.69) is 0 Å². The predicted molar refractivity (Wildman–Crippen MR) is 91.1 cm³/mol. The van der Waals surface area contributed by atoms with Gasteiger partial charge in [-0.3, -0.25) is 4.79 Å². The van der Waals surface area contributed by atoms with Crippen molar-refractivity contribution < 1.29 is 14.3 Å². The second-order valence-corrected chi connectivity index (χ2v) is 6.25. The quantitative estimate of drug-likeness (QED) is 0.849. The highest BCUT2D eigenvalue weighted by Gasteiger charge is 2.46. The summed E-state index contributed by atoms with van der Waals surface area (Å²) < 4.78 is 13.9. The van der Waals surface area contributed by atoms with Crippen LogP contribution in [0.15, 0.2) is 54.6 Å². The largest absolute Gasteiger partial charge is 0.395 e. The second-order valence-electron chi connectivity index (χ2n) is 6.25. The van der Waals surface area contributed by atoms with Crippen LogP contribution in [0.4, 0.5) is 4.39 Å². The molecule has 0 aliphatic heterocycles. The molecule has 3 rings (SSSR count). The number of halogens is 1. The van der Waals surface area contributed by atoms with Crippen LogP contribution in [-0.2, 0) is 11.2 Å². The van der Waals surface area contributed by atoms with Crippen molar-refractivity contribution in [2.75, 3.05) is 19.7 Å². The van der Waals surface area contributed by atoms with Crippen molar-refractivity contribution in [1.29, 1.82) is 0 Å². The predicted octanol–water partition coefficient (Wildman–Crippen LogP) is 2.99. The van der Waals surface area contributed by atoms with Crippen LogP contribution in [0.25, 0.3) is 0 Å². The first kappa shape index (κ1) is 16.7. The summed E-state index contributed by atoms with van der Waals surface area (Å²) >= 11 is 0. The van der Waals surface area contributed by atoms with E-state index in [1.54, 1.807) is 23.1 Å². The Morgan fingerprint density at radius 3 is 2.50 bits per heavy atom. The number of benzene rings is 2. The van der Waals surface area contributed by atoms with Crippen LogP contribution in [0, 0.1) is 11.7 Å². The van der Waals surface area contributed by atoms with Crippen LogP contribution in [0.5, 0.6) is 0 Å². The number of carbonyl (C=O) groups is 1. The number of carbonyl (C=O) groups excluding carboxylic acids is 1. The summed E-state index contributed by atoms with van der Waals surface area (Å²) in [5, 5.41) is 9.26. The Morgan fingerprint density at radius 2 is 1.79 bits per heavy atom. The molecule has 2 atom stereocenters. The molecule has 2 aromatic carbocycles. The lowest BCUT2D eigenvalue weighted by Gasteiger charge is -2.22. The Labute approximate surface area is 141 Å². The van der Waals surface area contributed by atoms with E-state index in [0.29, 0.717) is 25.1 Å². The van der Waals surface area contributed by atoms with E-state index in [9.17, 15) is 14.3 Å². The monoisotopic (exact) mass is 327 g/mol. The van der Waals surface area contributed by atoms with Crippen LogP contribution < -0.4 is 0 Å². The average Bonchev–Trinajstić information content (AvgIpc) is 3.40. The van der Waals surface area contributed by atoms with Gasteiger partial charge in [0.1, 0.15) is 5.82 Å². The van der Waals surface area contributed by atoms with Gasteiger partial charge in [0.05, 0.1) is 6.61 Å². The van der Waals surface area contributed by atoms with E-state index in [1.807, 2.05) is 30.3 Å². The molecule has 4 heteroatoms. The minimum atomic E-state index is -0.240. The summed E-state index contributed by atoms with van der Waals surface area (Å²) in [5.41, 5.74) is 1.79. The fourth-order valence-electron chi connectivity index (χ4n) is 3.18. The number of nitrogens with zero attached hydrogens (tertiary/aromatic N) is 1. The first-order chi connectivity index (χ1) is 11.7. The third kappa shape index (κ3) is 3.82. The van der Waals surface area contributed by atoms with Crippen LogP contribution in [-0.4, -0.2) is 35.6 Å². The lowest BCUT2D eigenvalue weighted by Crippen LogP contribution is -2.36. The lowest BCUT2D eigenvalue weighted by atomic mass is 10.1. The molecule has 126 valence electrons. The first-order valence-corrected chi connectivity index (χ1v) is 8.38. The van der Waals surface area contributed by atoms with E-state index in [0.717, 1.165) is 12.0 Å². The molecule has 24 heavy (non-hydrogen) atoms. The van der Waals surface area contributed by atoms with Crippen LogP contribution in [0.3, 0.4) is 0 Å². The van der Waals surface area contributed by atoms with Gasteiger partial charge >= 0.3 is 0 Å². The van der Waals surface area contributed by atoms with Crippen molar-refractivity contribution in [3.8, 4) is 0 Å². The summed E-state index contributed by atoms with van der Waals surface area (Å²) in [4.78, 5) is 14.4. The number of amides is 1. The minimum Gasteiger partial charge on any atom is -0.395 e. The van der Waals surface area contributed by atoms with Gasteiger partial charge < -0.3 is 10.0 Å². The van der Waals surface area contributed by atoms with E-state index in [-0.39, 0.29) is 30.2 Å². The molecule has 2 aromatic rings. The molecule has 1 aliphatic rings. The maximum absolute atomic E-state index is 13.9. The maximum atomic E-state index is 13.9. The van der Waals surface area contributed by atoms with Gasteiger partial charge in [-0.05, 0) is 36.0 Å².